The van der Waals surface area contributed by atoms with Crippen LogP contribution >= 0.6 is 11.3 Å². The molecule has 5 nitrogen and oxygen atoms in total. The molecule has 0 spiro atoms. The highest BCUT2D eigenvalue weighted by atomic mass is 32.1. The SMILES string of the molecule is Nc1nc(/C([C]=O)=N/OCc2ccccc2)cs1. The summed E-state index contributed by atoms with van der Waals surface area (Å²) in [4.78, 5) is 19.8. The van der Waals surface area contributed by atoms with Crippen molar-refractivity contribution in [1.82, 2.24) is 4.98 Å². The number of carbonyl (C=O) groups excluding carboxylic acids is 1. The van der Waals surface area contributed by atoms with Gasteiger partial charge in [-0.25, -0.2) is 4.98 Å². The maximum Gasteiger partial charge on any atom is 0.259 e. The van der Waals surface area contributed by atoms with Crippen molar-refractivity contribution in [1.29, 1.82) is 0 Å². The lowest BCUT2D eigenvalue weighted by Crippen LogP contribution is -2.04. The highest BCUT2D eigenvalue weighted by molar-refractivity contribution is 7.13. The lowest BCUT2D eigenvalue weighted by molar-refractivity contribution is 0.131. The van der Waals surface area contributed by atoms with Gasteiger partial charge in [-0.15, -0.1) is 11.3 Å². The normalized spacial score (nSPS) is 11.2. The van der Waals surface area contributed by atoms with Crippen LogP contribution in [0.5, 0.6) is 0 Å². The van der Waals surface area contributed by atoms with E-state index in [1.807, 2.05) is 30.3 Å². The van der Waals surface area contributed by atoms with Crippen molar-refractivity contribution in [2.24, 2.45) is 5.16 Å². The Bertz CT molecular complexity index is 551. The van der Waals surface area contributed by atoms with Crippen LogP contribution in [0.4, 0.5) is 5.13 Å². The van der Waals surface area contributed by atoms with Gasteiger partial charge in [0.15, 0.2) is 10.8 Å². The molecule has 0 unspecified atom stereocenters. The number of benzene rings is 1. The van der Waals surface area contributed by atoms with Crippen molar-refractivity contribution in [3.05, 3.63) is 47.0 Å². The molecule has 0 saturated carbocycles. The second kappa shape index (κ2) is 5.92. The maximum absolute atomic E-state index is 10.7. The predicted octanol–water partition coefficient (Wildman–Crippen LogP) is 1.76. The predicted molar refractivity (Wildman–Crippen MR) is 70.0 cm³/mol. The lowest BCUT2D eigenvalue weighted by atomic mass is 10.2. The summed E-state index contributed by atoms with van der Waals surface area (Å²) < 4.78 is 0. The molecule has 0 aliphatic rings. The van der Waals surface area contributed by atoms with Crippen LogP contribution in [0.3, 0.4) is 0 Å². The summed E-state index contributed by atoms with van der Waals surface area (Å²) in [5, 5.41) is 5.70. The van der Waals surface area contributed by atoms with Crippen LogP contribution in [0.2, 0.25) is 0 Å². The fourth-order valence-electron chi connectivity index (χ4n) is 1.26. The zero-order valence-electron chi connectivity index (χ0n) is 9.37. The molecule has 0 aliphatic carbocycles. The molecule has 2 aromatic rings. The fourth-order valence-corrected chi connectivity index (χ4v) is 1.81. The minimum Gasteiger partial charge on any atom is -0.390 e. The van der Waals surface area contributed by atoms with Gasteiger partial charge in [0.25, 0.3) is 6.29 Å². The van der Waals surface area contributed by atoms with Crippen molar-refractivity contribution in [2.75, 3.05) is 5.73 Å². The molecular formula is C12H10N3O2S. The number of aromatic nitrogens is 1. The number of oxime groups is 1. The number of nitrogens with two attached hydrogens (primary N) is 1. The Morgan fingerprint density at radius 1 is 1.44 bits per heavy atom. The van der Waals surface area contributed by atoms with Crippen LogP contribution in [0, 0.1) is 0 Å². The van der Waals surface area contributed by atoms with Gasteiger partial charge in [0, 0.05) is 5.38 Å². The summed E-state index contributed by atoms with van der Waals surface area (Å²) in [6.07, 6.45) is 1.68. The molecule has 0 bridgehead atoms. The van der Waals surface area contributed by atoms with Crippen LogP contribution in [0.15, 0.2) is 40.9 Å². The molecule has 1 radical (unpaired) electrons. The third-order valence-corrected chi connectivity index (χ3v) is 2.77. The Morgan fingerprint density at radius 3 is 2.83 bits per heavy atom. The van der Waals surface area contributed by atoms with Crippen molar-refractivity contribution in [2.45, 2.75) is 6.61 Å². The molecule has 0 amide bonds. The van der Waals surface area contributed by atoms with E-state index in [2.05, 4.69) is 10.1 Å². The molecule has 1 heterocycles. The molecule has 2 rings (SSSR count). The first-order chi connectivity index (χ1) is 8.79. The van der Waals surface area contributed by atoms with Gasteiger partial charge in [0.1, 0.15) is 12.3 Å². The van der Waals surface area contributed by atoms with Gasteiger partial charge in [0.2, 0.25) is 0 Å². The average molecular weight is 260 g/mol. The number of nitrogen functional groups attached to an aromatic ring is 1. The quantitative estimate of drug-likeness (QED) is 0.656. The van der Waals surface area contributed by atoms with E-state index in [4.69, 9.17) is 10.6 Å². The number of rotatable bonds is 5. The van der Waals surface area contributed by atoms with E-state index in [1.165, 1.54) is 11.3 Å². The minimum absolute atomic E-state index is 0.0129. The number of hydrogen-bond acceptors (Lipinski definition) is 6. The standard InChI is InChI=1S/C12H10N3O2S/c13-12-14-11(8-18-12)10(6-16)15-17-7-9-4-2-1-3-5-9/h1-5,8H,7H2,(H2,13,14)/b15-10+. The summed E-state index contributed by atoms with van der Waals surface area (Å²) in [6, 6.07) is 9.52. The van der Waals surface area contributed by atoms with Gasteiger partial charge in [-0.2, -0.15) is 0 Å². The van der Waals surface area contributed by atoms with Gasteiger partial charge >= 0.3 is 0 Å². The molecule has 91 valence electrons. The second-order valence-electron chi connectivity index (χ2n) is 3.37. The Balaban J connectivity index is 2.01. The van der Waals surface area contributed by atoms with Crippen molar-refractivity contribution in [3.63, 3.8) is 0 Å². The third-order valence-electron chi connectivity index (χ3n) is 2.09. The molecule has 18 heavy (non-hydrogen) atoms. The van der Waals surface area contributed by atoms with E-state index >= 15 is 0 Å². The number of hydrogen-bond donors (Lipinski definition) is 1. The fraction of sp³-hybridized carbons (Fsp3) is 0.0833. The first kappa shape index (κ1) is 12.3. The Labute approximate surface area is 108 Å². The largest absolute Gasteiger partial charge is 0.390 e. The number of anilines is 1. The highest BCUT2D eigenvalue weighted by Crippen LogP contribution is 2.11. The van der Waals surface area contributed by atoms with Crippen LogP contribution in [-0.2, 0) is 16.2 Å². The average Bonchev–Trinajstić information content (AvgIpc) is 2.82. The van der Waals surface area contributed by atoms with Crippen LogP contribution in [0.25, 0.3) is 0 Å². The zero-order chi connectivity index (χ0) is 12.8. The topological polar surface area (TPSA) is 77.6 Å². The molecule has 0 aliphatic heterocycles. The molecule has 6 heteroatoms. The molecular weight excluding hydrogens is 250 g/mol. The van der Waals surface area contributed by atoms with E-state index < -0.39 is 0 Å². The summed E-state index contributed by atoms with van der Waals surface area (Å²) >= 11 is 1.23. The summed E-state index contributed by atoms with van der Waals surface area (Å²) in [7, 11) is 0. The number of thiazole rings is 1. The molecule has 0 saturated heterocycles. The monoisotopic (exact) mass is 260 g/mol. The van der Waals surface area contributed by atoms with E-state index in [0.29, 0.717) is 10.8 Å². The molecule has 0 atom stereocenters. The number of nitrogens with zero attached hydrogens (tertiary/aromatic N) is 2. The molecule has 1 aromatic heterocycles. The van der Waals surface area contributed by atoms with Crippen molar-refractivity contribution >= 4 is 28.5 Å². The first-order valence-electron chi connectivity index (χ1n) is 5.13. The first-order valence-corrected chi connectivity index (χ1v) is 6.01. The summed E-state index contributed by atoms with van der Waals surface area (Å²) in [5.74, 6) is 0. The highest BCUT2D eigenvalue weighted by Gasteiger charge is 2.08. The second-order valence-corrected chi connectivity index (χ2v) is 4.26. The van der Waals surface area contributed by atoms with Gasteiger partial charge in [-0.1, -0.05) is 35.5 Å². The Morgan fingerprint density at radius 2 is 2.22 bits per heavy atom. The molecule has 0 fully saturated rings. The Kier molecular flexibility index (Phi) is 4.03. The van der Waals surface area contributed by atoms with Crippen LogP contribution in [0.1, 0.15) is 11.3 Å². The third kappa shape index (κ3) is 3.14. The van der Waals surface area contributed by atoms with E-state index in [0.717, 1.165) is 5.56 Å². The van der Waals surface area contributed by atoms with Crippen LogP contribution in [-0.4, -0.2) is 17.0 Å². The van der Waals surface area contributed by atoms with Crippen molar-refractivity contribution in [3.8, 4) is 0 Å². The Hall–Kier alpha value is -2.21. The van der Waals surface area contributed by atoms with Gasteiger partial charge in [-0.05, 0) is 5.56 Å². The van der Waals surface area contributed by atoms with E-state index in [1.54, 1.807) is 11.7 Å². The summed E-state index contributed by atoms with van der Waals surface area (Å²) in [5.41, 5.74) is 6.82. The zero-order valence-corrected chi connectivity index (χ0v) is 10.2. The lowest BCUT2D eigenvalue weighted by Gasteiger charge is -1.99. The molecule has 1 aromatic carbocycles. The van der Waals surface area contributed by atoms with Gasteiger partial charge < -0.3 is 10.6 Å². The molecule has 2 N–H and O–H groups in total. The van der Waals surface area contributed by atoms with E-state index in [-0.39, 0.29) is 12.3 Å². The minimum atomic E-state index is 0.0129. The smallest absolute Gasteiger partial charge is 0.259 e. The maximum atomic E-state index is 10.7. The van der Waals surface area contributed by atoms with E-state index in [9.17, 15) is 4.79 Å². The summed E-state index contributed by atoms with van der Waals surface area (Å²) in [6.45, 7) is 0.283. The van der Waals surface area contributed by atoms with Crippen LogP contribution < -0.4 is 5.73 Å². The van der Waals surface area contributed by atoms with Gasteiger partial charge in [0.05, 0.1) is 0 Å². The van der Waals surface area contributed by atoms with Gasteiger partial charge in [-0.3, -0.25) is 4.79 Å². The van der Waals surface area contributed by atoms with Crippen molar-refractivity contribution < 1.29 is 9.63 Å².